The molecule has 3 N–H and O–H groups in total. The van der Waals surface area contributed by atoms with Crippen molar-refractivity contribution in [1.29, 1.82) is 0 Å². The Hall–Kier alpha value is -2.04. The van der Waals surface area contributed by atoms with Gasteiger partial charge in [-0.3, -0.25) is 9.59 Å². The minimum Gasteiger partial charge on any atom is -0.481 e. The molecule has 1 unspecified atom stereocenters. The van der Waals surface area contributed by atoms with Crippen LogP contribution in [0.3, 0.4) is 0 Å². The van der Waals surface area contributed by atoms with Gasteiger partial charge in [-0.15, -0.1) is 0 Å². The number of rotatable bonds is 3. The van der Waals surface area contributed by atoms with Gasteiger partial charge in [-0.05, 0) is 37.3 Å². The average Bonchev–Trinajstić information content (AvgIpc) is 2.92. The molecule has 5 heteroatoms. The lowest BCUT2D eigenvalue weighted by Gasteiger charge is -2.27. The third-order valence-electron chi connectivity index (χ3n) is 4.51. The van der Waals surface area contributed by atoms with Crippen molar-refractivity contribution in [1.82, 2.24) is 5.32 Å². The van der Waals surface area contributed by atoms with Crippen LogP contribution in [0.5, 0.6) is 0 Å². The molecular formula is C16H20N2O3. The van der Waals surface area contributed by atoms with Crippen molar-refractivity contribution in [3.63, 3.8) is 0 Å². The molecule has 21 heavy (non-hydrogen) atoms. The first-order valence-corrected chi connectivity index (χ1v) is 7.51. The van der Waals surface area contributed by atoms with Crippen molar-refractivity contribution in [3.05, 3.63) is 29.8 Å². The summed E-state index contributed by atoms with van der Waals surface area (Å²) >= 11 is 0. The predicted molar refractivity (Wildman–Crippen MR) is 79.1 cm³/mol. The number of carbonyl (C=O) groups is 2. The van der Waals surface area contributed by atoms with E-state index in [1.54, 1.807) is 0 Å². The highest BCUT2D eigenvalue weighted by molar-refractivity contribution is 5.87. The normalized spacial score (nSPS) is 27.5. The van der Waals surface area contributed by atoms with Gasteiger partial charge >= 0.3 is 5.97 Å². The summed E-state index contributed by atoms with van der Waals surface area (Å²) in [5.41, 5.74) is 2.21. The number of hydrogen-bond acceptors (Lipinski definition) is 3. The van der Waals surface area contributed by atoms with Crippen molar-refractivity contribution in [3.8, 4) is 0 Å². The monoisotopic (exact) mass is 288 g/mol. The fourth-order valence-corrected chi connectivity index (χ4v) is 3.24. The molecule has 0 radical (unpaired) electrons. The molecule has 0 spiro atoms. The molecule has 1 aliphatic heterocycles. The van der Waals surface area contributed by atoms with Gasteiger partial charge in [0.15, 0.2) is 0 Å². The number of para-hydroxylation sites is 1. The molecule has 112 valence electrons. The minimum atomic E-state index is -0.715. The molecular weight excluding hydrogens is 268 g/mol. The summed E-state index contributed by atoms with van der Waals surface area (Å²) in [6, 6.07) is 7.86. The molecule has 3 rings (SSSR count). The van der Waals surface area contributed by atoms with Crippen LogP contribution >= 0.6 is 0 Å². The first kappa shape index (κ1) is 13.9. The van der Waals surface area contributed by atoms with Gasteiger partial charge in [0.25, 0.3) is 0 Å². The Morgan fingerprint density at radius 2 is 1.86 bits per heavy atom. The van der Waals surface area contributed by atoms with E-state index in [4.69, 9.17) is 5.11 Å². The molecule has 0 bridgehead atoms. The molecule has 1 atom stereocenters. The summed E-state index contributed by atoms with van der Waals surface area (Å²) in [5, 5.41) is 15.3. The van der Waals surface area contributed by atoms with E-state index in [1.165, 1.54) is 5.56 Å². The fraction of sp³-hybridized carbons (Fsp3) is 0.500. The van der Waals surface area contributed by atoms with E-state index in [0.29, 0.717) is 19.3 Å². The SMILES string of the molecule is O=C(O)C1CCC(NC(=O)C2Cc3ccccc3N2)CC1. The van der Waals surface area contributed by atoms with Crippen molar-refractivity contribution in [2.75, 3.05) is 5.32 Å². The first-order valence-electron chi connectivity index (χ1n) is 7.51. The van der Waals surface area contributed by atoms with E-state index < -0.39 is 5.97 Å². The van der Waals surface area contributed by atoms with Crippen LogP contribution in [0.4, 0.5) is 5.69 Å². The zero-order valence-electron chi connectivity index (χ0n) is 11.8. The minimum absolute atomic E-state index is 0.0185. The Morgan fingerprint density at radius 3 is 2.52 bits per heavy atom. The quantitative estimate of drug-likeness (QED) is 0.792. The van der Waals surface area contributed by atoms with E-state index in [0.717, 1.165) is 18.5 Å². The molecule has 5 nitrogen and oxygen atoms in total. The number of anilines is 1. The first-order chi connectivity index (χ1) is 10.1. The molecule has 1 saturated carbocycles. The van der Waals surface area contributed by atoms with E-state index in [1.807, 2.05) is 24.3 Å². The van der Waals surface area contributed by atoms with Crippen molar-refractivity contribution in [2.24, 2.45) is 5.92 Å². The second-order valence-electron chi connectivity index (χ2n) is 5.95. The Kier molecular flexibility index (Phi) is 3.82. The standard InChI is InChI=1S/C16H20N2O3/c19-15(14-9-11-3-1-2-4-13(11)18-14)17-12-7-5-10(6-8-12)16(20)21/h1-4,10,12,14,18H,5-9H2,(H,17,19)(H,20,21). The summed E-state index contributed by atoms with van der Waals surface area (Å²) in [4.78, 5) is 23.2. The van der Waals surface area contributed by atoms with Gasteiger partial charge in [0.05, 0.1) is 5.92 Å². The summed E-state index contributed by atoms with van der Waals surface area (Å²) in [6.45, 7) is 0. The molecule has 1 aromatic rings. The van der Waals surface area contributed by atoms with Gasteiger partial charge in [0.1, 0.15) is 6.04 Å². The van der Waals surface area contributed by atoms with E-state index in [9.17, 15) is 9.59 Å². The number of aliphatic carboxylic acids is 1. The molecule has 0 saturated heterocycles. The van der Waals surface area contributed by atoms with Gasteiger partial charge in [0, 0.05) is 18.2 Å². The van der Waals surface area contributed by atoms with Crippen molar-refractivity contribution < 1.29 is 14.7 Å². The second kappa shape index (κ2) is 5.76. The third-order valence-corrected chi connectivity index (χ3v) is 4.51. The van der Waals surface area contributed by atoms with Crippen molar-refractivity contribution in [2.45, 2.75) is 44.2 Å². The number of carbonyl (C=O) groups excluding carboxylic acids is 1. The number of amides is 1. The topological polar surface area (TPSA) is 78.4 Å². The van der Waals surface area contributed by atoms with Crippen LogP contribution in [-0.4, -0.2) is 29.1 Å². The maximum absolute atomic E-state index is 12.3. The lowest BCUT2D eigenvalue weighted by Crippen LogP contribution is -2.45. The van der Waals surface area contributed by atoms with Crippen LogP contribution < -0.4 is 10.6 Å². The lowest BCUT2D eigenvalue weighted by atomic mass is 9.86. The fourth-order valence-electron chi connectivity index (χ4n) is 3.24. The molecule has 1 heterocycles. The van der Waals surface area contributed by atoms with Crippen LogP contribution in [0.1, 0.15) is 31.2 Å². The zero-order valence-corrected chi connectivity index (χ0v) is 11.8. The summed E-state index contributed by atoms with van der Waals surface area (Å²) < 4.78 is 0. The second-order valence-corrected chi connectivity index (χ2v) is 5.95. The summed E-state index contributed by atoms with van der Waals surface area (Å²) in [6.07, 6.45) is 3.52. The van der Waals surface area contributed by atoms with Crippen LogP contribution in [0.15, 0.2) is 24.3 Å². The van der Waals surface area contributed by atoms with Crippen LogP contribution in [-0.2, 0) is 16.0 Å². The van der Waals surface area contributed by atoms with Gasteiger partial charge < -0.3 is 15.7 Å². The molecule has 0 aromatic heterocycles. The largest absolute Gasteiger partial charge is 0.481 e. The number of fused-ring (bicyclic) bond motifs is 1. The Morgan fingerprint density at radius 1 is 1.14 bits per heavy atom. The highest BCUT2D eigenvalue weighted by Gasteiger charge is 2.30. The third kappa shape index (κ3) is 3.01. The van der Waals surface area contributed by atoms with E-state index >= 15 is 0 Å². The highest BCUT2D eigenvalue weighted by atomic mass is 16.4. The van der Waals surface area contributed by atoms with Gasteiger partial charge in [0.2, 0.25) is 5.91 Å². The van der Waals surface area contributed by atoms with Crippen LogP contribution in [0, 0.1) is 5.92 Å². The maximum Gasteiger partial charge on any atom is 0.306 e. The molecule has 1 fully saturated rings. The molecule has 1 aromatic carbocycles. The molecule has 1 amide bonds. The number of benzene rings is 1. The van der Waals surface area contributed by atoms with E-state index in [-0.39, 0.29) is 23.9 Å². The lowest BCUT2D eigenvalue weighted by molar-refractivity contribution is -0.142. The molecule has 1 aliphatic carbocycles. The average molecular weight is 288 g/mol. The number of nitrogens with one attached hydrogen (secondary N) is 2. The van der Waals surface area contributed by atoms with Crippen LogP contribution in [0.25, 0.3) is 0 Å². The molecule has 2 aliphatic rings. The van der Waals surface area contributed by atoms with Gasteiger partial charge in [-0.25, -0.2) is 0 Å². The summed E-state index contributed by atoms with van der Waals surface area (Å²) in [5.74, 6) is -0.940. The van der Waals surface area contributed by atoms with E-state index in [2.05, 4.69) is 10.6 Å². The van der Waals surface area contributed by atoms with Gasteiger partial charge in [-0.2, -0.15) is 0 Å². The van der Waals surface area contributed by atoms with Crippen molar-refractivity contribution >= 4 is 17.6 Å². The Labute approximate surface area is 123 Å². The summed E-state index contributed by atoms with van der Waals surface area (Å²) in [7, 11) is 0. The smallest absolute Gasteiger partial charge is 0.306 e. The van der Waals surface area contributed by atoms with Crippen LogP contribution in [0.2, 0.25) is 0 Å². The number of carboxylic acid groups (broad SMARTS) is 1. The maximum atomic E-state index is 12.3. The number of hydrogen-bond donors (Lipinski definition) is 3. The van der Waals surface area contributed by atoms with Gasteiger partial charge in [-0.1, -0.05) is 18.2 Å². The Bertz CT molecular complexity index is 525. The predicted octanol–water partition coefficient (Wildman–Crippen LogP) is 1.78. The Balaban J connectivity index is 1.51. The number of carboxylic acids is 1. The zero-order chi connectivity index (χ0) is 14.8. The highest BCUT2D eigenvalue weighted by Crippen LogP contribution is 2.27.